The van der Waals surface area contributed by atoms with Gasteiger partial charge in [-0.25, -0.2) is 4.79 Å². The van der Waals surface area contributed by atoms with Crippen molar-refractivity contribution < 1.29 is 19.8 Å². The van der Waals surface area contributed by atoms with Gasteiger partial charge < -0.3 is 20.4 Å². The molecule has 6 heteroatoms. The molecule has 1 aromatic rings. The van der Waals surface area contributed by atoms with Gasteiger partial charge >= 0.3 is 12.0 Å². The van der Waals surface area contributed by atoms with Crippen LogP contribution in [-0.2, 0) is 4.79 Å². The molecule has 0 radical (unpaired) electrons. The Hall–Kier alpha value is -2.08. The van der Waals surface area contributed by atoms with Crippen molar-refractivity contribution in [1.29, 1.82) is 0 Å². The molecule has 2 amide bonds. The first-order valence-electron chi connectivity index (χ1n) is 7.06. The minimum atomic E-state index is -0.962. The van der Waals surface area contributed by atoms with Crippen LogP contribution in [0.4, 0.5) is 4.79 Å². The number of amides is 2. The third-order valence-electron chi connectivity index (χ3n) is 3.71. The summed E-state index contributed by atoms with van der Waals surface area (Å²) in [4.78, 5) is 24.9. The second-order valence-corrected chi connectivity index (χ2v) is 5.21. The number of piperidine rings is 1. The number of rotatable bonds is 4. The van der Waals surface area contributed by atoms with E-state index in [-0.39, 0.29) is 18.7 Å². The topological polar surface area (TPSA) is 89.9 Å². The Kier molecular flexibility index (Phi) is 5.16. The molecule has 3 N–H and O–H groups in total. The molecule has 1 aliphatic heterocycles. The Morgan fingerprint density at radius 1 is 1.24 bits per heavy atom. The lowest BCUT2D eigenvalue weighted by Gasteiger charge is -2.30. The number of nitrogens with zero attached hydrogens (tertiary/aromatic N) is 1. The molecule has 2 rings (SSSR count). The number of hydrogen-bond acceptors (Lipinski definition) is 3. The lowest BCUT2D eigenvalue weighted by Crippen LogP contribution is -2.46. The van der Waals surface area contributed by atoms with Gasteiger partial charge in [-0.2, -0.15) is 0 Å². The van der Waals surface area contributed by atoms with Crippen molar-refractivity contribution >= 4 is 12.0 Å². The summed E-state index contributed by atoms with van der Waals surface area (Å²) in [5.74, 6) is -1.72. The summed E-state index contributed by atoms with van der Waals surface area (Å²) in [5, 5.41) is 21.4. The van der Waals surface area contributed by atoms with Crippen molar-refractivity contribution in [2.24, 2.45) is 0 Å². The van der Waals surface area contributed by atoms with Gasteiger partial charge in [0.05, 0.1) is 12.0 Å². The van der Waals surface area contributed by atoms with Gasteiger partial charge in [-0.15, -0.1) is 0 Å². The van der Waals surface area contributed by atoms with Crippen LogP contribution in [0, 0.1) is 0 Å². The molecule has 0 aliphatic carbocycles. The van der Waals surface area contributed by atoms with Crippen LogP contribution in [0.15, 0.2) is 30.3 Å². The highest BCUT2D eigenvalue weighted by Gasteiger charge is 2.24. The standard InChI is InChI=1S/C15H20N2O4/c18-12-6-8-17(9-7-12)15(21)16-10-13(14(19)20)11-4-2-1-3-5-11/h1-5,12-13,18H,6-10H2,(H,16,21)(H,19,20). The molecule has 1 atom stereocenters. The lowest BCUT2D eigenvalue weighted by atomic mass is 9.99. The zero-order valence-electron chi connectivity index (χ0n) is 11.7. The second-order valence-electron chi connectivity index (χ2n) is 5.21. The average molecular weight is 292 g/mol. The minimum Gasteiger partial charge on any atom is -0.481 e. The predicted octanol–water partition coefficient (Wildman–Crippen LogP) is 1.02. The van der Waals surface area contributed by atoms with Crippen molar-refractivity contribution in [3.63, 3.8) is 0 Å². The number of aliphatic carboxylic acids is 1. The van der Waals surface area contributed by atoms with Crippen LogP contribution in [0.25, 0.3) is 0 Å². The lowest BCUT2D eigenvalue weighted by molar-refractivity contribution is -0.138. The quantitative estimate of drug-likeness (QED) is 0.773. The molecular weight excluding hydrogens is 272 g/mol. The number of carbonyl (C=O) groups excluding carboxylic acids is 1. The average Bonchev–Trinajstić information content (AvgIpc) is 2.48. The normalized spacial score (nSPS) is 17.3. The molecule has 1 saturated heterocycles. The first kappa shape index (κ1) is 15.3. The van der Waals surface area contributed by atoms with Gasteiger partial charge in [0.2, 0.25) is 0 Å². The Labute approximate surface area is 123 Å². The molecule has 114 valence electrons. The van der Waals surface area contributed by atoms with Gasteiger partial charge in [-0.1, -0.05) is 30.3 Å². The number of carbonyl (C=O) groups is 2. The Balaban J connectivity index is 1.90. The van der Waals surface area contributed by atoms with Crippen LogP contribution in [0.1, 0.15) is 24.3 Å². The third-order valence-corrected chi connectivity index (χ3v) is 3.71. The van der Waals surface area contributed by atoms with E-state index in [4.69, 9.17) is 0 Å². The fraction of sp³-hybridized carbons (Fsp3) is 0.467. The van der Waals surface area contributed by atoms with Crippen molar-refractivity contribution in [1.82, 2.24) is 10.2 Å². The number of benzene rings is 1. The van der Waals surface area contributed by atoms with E-state index >= 15 is 0 Å². The molecule has 1 aliphatic rings. The van der Waals surface area contributed by atoms with E-state index in [0.29, 0.717) is 31.5 Å². The molecule has 21 heavy (non-hydrogen) atoms. The zero-order chi connectivity index (χ0) is 15.2. The SMILES string of the molecule is O=C(O)C(CNC(=O)N1CCC(O)CC1)c1ccccc1. The number of carboxylic acid groups (broad SMARTS) is 1. The summed E-state index contributed by atoms with van der Waals surface area (Å²) >= 11 is 0. The summed E-state index contributed by atoms with van der Waals surface area (Å²) in [5.41, 5.74) is 0.666. The third kappa shape index (κ3) is 4.19. The number of hydrogen-bond donors (Lipinski definition) is 3. The van der Waals surface area contributed by atoms with Crippen molar-refractivity contribution in [2.45, 2.75) is 24.9 Å². The van der Waals surface area contributed by atoms with Crippen molar-refractivity contribution in [2.75, 3.05) is 19.6 Å². The first-order valence-corrected chi connectivity index (χ1v) is 7.06. The Morgan fingerprint density at radius 2 is 1.86 bits per heavy atom. The van der Waals surface area contributed by atoms with E-state index in [9.17, 15) is 19.8 Å². The van der Waals surface area contributed by atoms with Crippen LogP contribution in [-0.4, -0.2) is 52.9 Å². The fourth-order valence-corrected chi connectivity index (χ4v) is 2.40. The Bertz CT molecular complexity index is 484. The van der Waals surface area contributed by atoms with E-state index in [1.54, 1.807) is 29.2 Å². The molecular formula is C15H20N2O4. The highest BCUT2D eigenvalue weighted by molar-refractivity contribution is 5.79. The number of nitrogens with one attached hydrogen (secondary N) is 1. The van der Waals surface area contributed by atoms with Gasteiger partial charge in [0.1, 0.15) is 0 Å². The van der Waals surface area contributed by atoms with Crippen LogP contribution in [0.3, 0.4) is 0 Å². The zero-order valence-corrected chi connectivity index (χ0v) is 11.7. The molecule has 0 bridgehead atoms. The number of urea groups is 1. The van der Waals surface area contributed by atoms with E-state index in [1.165, 1.54) is 0 Å². The van der Waals surface area contributed by atoms with Crippen LogP contribution in [0.2, 0.25) is 0 Å². The molecule has 0 aromatic heterocycles. The van der Waals surface area contributed by atoms with Gasteiger partial charge in [0, 0.05) is 19.6 Å². The number of likely N-dealkylation sites (tertiary alicyclic amines) is 1. The molecule has 6 nitrogen and oxygen atoms in total. The largest absolute Gasteiger partial charge is 0.481 e. The molecule has 1 unspecified atom stereocenters. The summed E-state index contributed by atoms with van der Waals surface area (Å²) in [6.07, 6.45) is 0.785. The van der Waals surface area contributed by atoms with E-state index in [2.05, 4.69) is 5.32 Å². The summed E-state index contributed by atoms with van der Waals surface area (Å²) in [6, 6.07) is 8.58. The highest BCUT2D eigenvalue weighted by atomic mass is 16.4. The number of carboxylic acids is 1. The van der Waals surface area contributed by atoms with Crippen LogP contribution >= 0.6 is 0 Å². The van der Waals surface area contributed by atoms with Gasteiger partial charge in [-0.3, -0.25) is 4.79 Å². The van der Waals surface area contributed by atoms with Crippen LogP contribution in [0.5, 0.6) is 0 Å². The molecule has 0 saturated carbocycles. The van der Waals surface area contributed by atoms with Gasteiger partial charge in [0.15, 0.2) is 0 Å². The van der Waals surface area contributed by atoms with Crippen LogP contribution < -0.4 is 5.32 Å². The molecule has 1 heterocycles. The second kappa shape index (κ2) is 7.08. The highest BCUT2D eigenvalue weighted by Crippen LogP contribution is 2.15. The first-order chi connectivity index (χ1) is 10.1. The fourth-order valence-electron chi connectivity index (χ4n) is 2.40. The predicted molar refractivity (Wildman–Crippen MR) is 77.0 cm³/mol. The minimum absolute atomic E-state index is 0.0528. The molecule has 0 spiro atoms. The monoisotopic (exact) mass is 292 g/mol. The Morgan fingerprint density at radius 3 is 2.43 bits per heavy atom. The summed E-state index contributed by atoms with van der Waals surface area (Å²) in [7, 11) is 0. The molecule has 1 aromatic carbocycles. The molecule has 1 fully saturated rings. The van der Waals surface area contributed by atoms with Crippen molar-refractivity contribution in [3.8, 4) is 0 Å². The summed E-state index contributed by atoms with van der Waals surface area (Å²) < 4.78 is 0. The number of aliphatic hydroxyl groups excluding tert-OH is 1. The van der Waals surface area contributed by atoms with Gasteiger partial charge in [0.25, 0.3) is 0 Å². The van der Waals surface area contributed by atoms with Crippen molar-refractivity contribution in [3.05, 3.63) is 35.9 Å². The smallest absolute Gasteiger partial charge is 0.317 e. The van der Waals surface area contributed by atoms with E-state index in [0.717, 1.165) is 0 Å². The van der Waals surface area contributed by atoms with E-state index in [1.807, 2.05) is 6.07 Å². The number of aliphatic hydroxyl groups is 1. The van der Waals surface area contributed by atoms with E-state index < -0.39 is 11.9 Å². The summed E-state index contributed by atoms with van der Waals surface area (Å²) in [6.45, 7) is 1.05. The maximum Gasteiger partial charge on any atom is 0.317 e. The van der Waals surface area contributed by atoms with Gasteiger partial charge in [-0.05, 0) is 18.4 Å². The maximum absolute atomic E-state index is 12.0. The maximum atomic E-state index is 12.0.